The van der Waals surface area contributed by atoms with Gasteiger partial charge in [0, 0.05) is 11.9 Å². The number of hydrogen-bond donors (Lipinski definition) is 1. The topological polar surface area (TPSA) is 68.3 Å². The van der Waals surface area contributed by atoms with Gasteiger partial charge in [0.05, 0.1) is 17.1 Å². The first-order valence-electron chi connectivity index (χ1n) is 7.48. The summed E-state index contributed by atoms with van der Waals surface area (Å²) in [4.78, 5) is 29.8. The SMILES string of the molecule is CCOc1ccc(NC2=C(SC)C(=O)c3ncccc3C2=O)cc1. The third kappa shape index (κ3) is 2.92. The summed E-state index contributed by atoms with van der Waals surface area (Å²) in [5.41, 5.74) is 1.54. The van der Waals surface area contributed by atoms with Crippen LogP contribution in [0.2, 0.25) is 0 Å². The Bertz CT molecular complexity index is 828. The Morgan fingerprint density at radius 2 is 1.88 bits per heavy atom. The summed E-state index contributed by atoms with van der Waals surface area (Å²) >= 11 is 1.24. The molecule has 5 nitrogen and oxygen atoms in total. The molecule has 0 spiro atoms. The van der Waals surface area contributed by atoms with Gasteiger partial charge in [0.25, 0.3) is 0 Å². The van der Waals surface area contributed by atoms with Crippen molar-refractivity contribution in [1.82, 2.24) is 4.98 Å². The van der Waals surface area contributed by atoms with Crippen LogP contribution in [-0.2, 0) is 0 Å². The van der Waals surface area contributed by atoms with E-state index >= 15 is 0 Å². The number of ether oxygens (including phenoxy) is 1. The number of carbonyl (C=O) groups excluding carboxylic acids is 2. The van der Waals surface area contributed by atoms with E-state index in [9.17, 15) is 9.59 Å². The van der Waals surface area contributed by atoms with Crippen LogP contribution in [0.4, 0.5) is 5.69 Å². The molecule has 1 aliphatic rings. The van der Waals surface area contributed by atoms with Gasteiger partial charge in [0.2, 0.25) is 11.6 Å². The fraction of sp³-hybridized carbons (Fsp3) is 0.167. The van der Waals surface area contributed by atoms with E-state index in [-0.39, 0.29) is 23.0 Å². The van der Waals surface area contributed by atoms with E-state index in [1.165, 1.54) is 18.0 Å². The number of thioether (sulfide) groups is 1. The second kappa shape index (κ2) is 6.88. The van der Waals surface area contributed by atoms with Crippen molar-refractivity contribution in [3.8, 4) is 5.75 Å². The van der Waals surface area contributed by atoms with E-state index in [0.29, 0.717) is 22.8 Å². The van der Waals surface area contributed by atoms with Crippen molar-refractivity contribution in [3.63, 3.8) is 0 Å². The van der Waals surface area contributed by atoms with Crippen molar-refractivity contribution >= 4 is 29.0 Å². The van der Waals surface area contributed by atoms with Gasteiger partial charge in [-0.05, 0) is 49.6 Å². The Morgan fingerprint density at radius 3 is 2.54 bits per heavy atom. The molecule has 1 aromatic heterocycles. The first kappa shape index (κ1) is 16.3. The van der Waals surface area contributed by atoms with Gasteiger partial charge in [0.1, 0.15) is 17.1 Å². The fourth-order valence-corrected chi connectivity index (χ4v) is 3.11. The minimum atomic E-state index is -0.230. The monoisotopic (exact) mass is 340 g/mol. The van der Waals surface area contributed by atoms with Crippen molar-refractivity contribution in [2.24, 2.45) is 0 Å². The number of nitrogens with one attached hydrogen (secondary N) is 1. The van der Waals surface area contributed by atoms with Crippen molar-refractivity contribution in [2.75, 3.05) is 18.2 Å². The van der Waals surface area contributed by atoms with Crippen LogP contribution in [0, 0.1) is 0 Å². The molecule has 0 unspecified atom stereocenters. The molecule has 0 atom stereocenters. The summed E-state index contributed by atoms with van der Waals surface area (Å²) in [6.07, 6.45) is 3.29. The quantitative estimate of drug-likeness (QED) is 0.898. The van der Waals surface area contributed by atoms with Crippen molar-refractivity contribution in [2.45, 2.75) is 6.92 Å². The third-order valence-corrected chi connectivity index (χ3v) is 4.36. The number of benzene rings is 1. The van der Waals surface area contributed by atoms with Gasteiger partial charge in [-0.2, -0.15) is 0 Å². The lowest BCUT2D eigenvalue weighted by Gasteiger charge is -2.20. The largest absolute Gasteiger partial charge is 0.494 e. The van der Waals surface area contributed by atoms with E-state index in [2.05, 4.69) is 10.3 Å². The molecule has 1 heterocycles. The molecular weight excluding hydrogens is 324 g/mol. The van der Waals surface area contributed by atoms with E-state index < -0.39 is 0 Å². The number of rotatable bonds is 5. The molecule has 1 N–H and O–H groups in total. The number of Topliss-reactive ketones (excluding diaryl/α,β-unsaturated/α-hetero) is 2. The van der Waals surface area contributed by atoms with Crippen LogP contribution in [0.1, 0.15) is 27.8 Å². The number of nitrogens with zero attached hydrogens (tertiary/aromatic N) is 1. The number of ketones is 2. The Kier molecular flexibility index (Phi) is 4.66. The molecule has 3 rings (SSSR count). The van der Waals surface area contributed by atoms with Gasteiger partial charge in [-0.15, -0.1) is 11.8 Å². The molecule has 1 aromatic carbocycles. The number of pyridine rings is 1. The smallest absolute Gasteiger partial charge is 0.220 e. The summed E-state index contributed by atoms with van der Waals surface area (Å²) < 4.78 is 5.40. The third-order valence-electron chi connectivity index (χ3n) is 3.57. The molecule has 0 aliphatic heterocycles. The highest BCUT2D eigenvalue weighted by Crippen LogP contribution is 2.31. The average molecular weight is 340 g/mol. The summed E-state index contributed by atoms with van der Waals surface area (Å²) in [5, 5.41) is 3.08. The lowest BCUT2D eigenvalue weighted by molar-refractivity contribution is 0.0979. The molecule has 1 aliphatic carbocycles. The zero-order valence-corrected chi connectivity index (χ0v) is 14.1. The van der Waals surface area contributed by atoms with Gasteiger partial charge < -0.3 is 10.1 Å². The molecule has 6 heteroatoms. The minimum absolute atomic E-state index is 0.212. The number of carbonyl (C=O) groups is 2. The first-order valence-corrected chi connectivity index (χ1v) is 8.70. The maximum absolute atomic E-state index is 12.8. The van der Waals surface area contributed by atoms with Gasteiger partial charge in [-0.25, -0.2) is 0 Å². The number of anilines is 1. The van der Waals surface area contributed by atoms with Crippen LogP contribution in [0.25, 0.3) is 0 Å². The van der Waals surface area contributed by atoms with E-state index in [4.69, 9.17) is 4.74 Å². The second-order valence-electron chi connectivity index (χ2n) is 5.05. The van der Waals surface area contributed by atoms with E-state index in [1.807, 2.05) is 31.2 Å². The number of allylic oxidation sites excluding steroid dienone is 2. The molecular formula is C18H16N2O3S. The number of aromatic nitrogens is 1. The molecule has 0 saturated carbocycles. The minimum Gasteiger partial charge on any atom is -0.494 e. The second-order valence-corrected chi connectivity index (χ2v) is 5.86. The summed E-state index contributed by atoms with van der Waals surface area (Å²) in [7, 11) is 0. The Balaban J connectivity index is 1.96. The zero-order valence-electron chi connectivity index (χ0n) is 13.3. The van der Waals surface area contributed by atoms with E-state index in [1.54, 1.807) is 18.4 Å². The Hall–Kier alpha value is -2.60. The highest BCUT2D eigenvalue weighted by Gasteiger charge is 2.33. The molecule has 2 aromatic rings. The molecule has 0 bridgehead atoms. The van der Waals surface area contributed by atoms with Gasteiger partial charge in [-0.1, -0.05) is 0 Å². The normalized spacial score (nSPS) is 13.8. The molecule has 0 radical (unpaired) electrons. The molecule has 0 amide bonds. The van der Waals surface area contributed by atoms with Crippen LogP contribution in [0.15, 0.2) is 53.2 Å². The predicted octanol–water partition coefficient (Wildman–Crippen LogP) is 3.55. The van der Waals surface area contributed by atoms with Crippen LogP contribution in [-0.4, -0.2) is 29.4 Å². The average Bonchev–Trinajstić information content (AvgIpc) is 2.61. The highest BCUT2D eigenvalue weighted by atomic mass is 32.2. The van der Waals surface area contributed by atoms with Crippen LogP contribution < -0.4 is 10.1 Å². The summed E-state index contributed by atoms with van der Waals surface area (Å²) in [6, 6.07) is 10.5. The van der Waals surface area contributed by atoms with Crippen LogP contribution in [0.5, 0.6) is 5.75 Å². The summed E-state index contributed by atoms with van der Waals surface area (Å²) in [5.74, 6) is 0.296. The maximum atomic E-state index is 12.8. The fourth-order valence-electron chi connectivity index (χ4n) is 2.48. The van der Waals surface area contributed by atoms with E-state index in [0.717, 1.165) is 5.75 Å². The molecule has 122 valence electrons. The van der Waals surface area contributed by atoms with Gasteiger partial charge in [0.15, 0.2) is 0 Å². The standard InChI is InChI=1S/C18H16N2O3S/c1-3-23-12-8-6-11(7-9-12)20-15-16(21)13-5-4-10-19-14(13)17(22)18(15)24-2/h4-10,20H,3H2,1-2H3. The molecule has 0 saturated heterocycles. The molecule has 0 fully saturated rings. The van der Waals surface area contributed by atoms with Gasteiger partial charge >= 0.3 is 0 Å². The number of hydrogen-bond acceptors (Lipinski definition) is 6. The Morgan fingerprint density at radius 1 is 1.12 bits per heavy atom. The maximum Gasteiger partial charge on any atom is 0.220 e. The lowest BCUT2D eigenvalue weighted by Crippen LogP contribution is -2.25. The molecule has 24 heavy (non-hydrogen) atoms. The highest BCUT2D eigenvalue weighted by molar-refractivity contribution is 8.03. The Labute approximate surface area is 144 Å². The zero-order chi connectivity index (χ0) is 17.1. The number of fused-ring (bicyclic) bond motifs is 1. The van der Waals surface area contributed by atoms with Crippen LogP contribution in [0.3, 0.4) is 0 Å². The van der Waals surface area contributed by atoms with Crippen LogP contribution >= 0.6 is 11.8 Å². The van der Waals surface area contributed by atoms with Crippen molar-refractivity contribution in [3.05, 3.63) is 64.5 Å². The van der Waals surface area contributed by atoms with Crippen molar-refractivity contribution < 1.29 is 14.3 Å². The van der Waals surface area contributed by atoms with Crippen molar-refractivity contribution in [1.29, 1.82) is 0 Å². The summed E-state index contributed by atoms with van der Waals surface area (Å²) in [6.45, 7) is 2.50. The predicted molar refractivity (Wildman–Crippen MR) is 94.7 cm³/mol. The lowest BCUT2D eigenvalue weighted by atomic mass is 9.96. The van der Waals surface area contributed by atoms with Gasteiger partial charge in [-0.3, -0.25) is 14.6 Å². The first-order chi connectivity index (χ1) is 11.7.